The first-order chi connectivity index (χ1) is 10.0. The van der Waals surface area contributed by atoms with Crippen LogP contribution in [0.15, 0.2) is 30.5 Å². The number of amides is 1. The molecule has 0 atom stereocenters. The van der Waals surface area contributed by atoms with Crippen LogP contribution in [0.4, 0.5) is 4.39 Å². The second-order valence-corrected chi connectivity index (χ2v) is 5.00. The number of halogens is 1. The summed E-state index contributed by atoms with van der Waals surface area (Å²) in [6.07, 6.45) is 1.65. The molecule has 21 heavy (non-hydrogen) atoms. The van der Waals surface area contributed by atoms with Crippen molar-refractivity contribution in [2.75, 3.05) is 7.05 Å². The van der Waals surface area contributed by atoms with Gasteiger partial charge in [-0.15, -0.1) is 0 Å². The molecule has 0 aliphatic heterocycles. The average Bonchev–Trinajstić information content (AvgIpc) is 2.94. The summed E-state index contributed by atoms with van der Waals surface area (Å²) < 4.78 is 15.6. The van der Waals surface area contributed by atoms with Gasteiger partial charge in [-0.25, -0.2) is 9.07 Å². The zero-order valence-corrected chi connectivity index (χ0v) is 12.4. The van der Waals surface area contributed by atoms with Gasteiger partial charge in [0.15, 0.2) is 5.69 Å². The van der Waals surface area contributed by atoms with Crippen molar-refractivity contribution in [1.82, 2.24) is 20.4 Å². The zero-order valence-electron chi connectivity index (χ0n) is 12.4. The highest BCUT2D eigenvalue weighted by Crippen LogP contribution is 2.18. The summed E-state index contributed by atoms with van der Waals surface area (Å²) >= 11 is 0. The Morgan fingerprint density at radius 3 is 2.81 bits per heavy atom. The minimum absolute atomic E-state index is 0.247. The monoisotopic (exact) mass is 290 g/mol. The minimum atomic E-state index is -0.294. The van der Waals surface area contributed by atoms with Crippen molar-refractivity contribution in [1.29, 1.82) is 0 Å². The number of aromatic nitrogens is 2. The van der Waals surface area contributed by atoms with Gasteiger partial charge in [0.05, 0.1) is 5.69 Å². The maximum absolute atomic E-state index is 14.1. The highest BCUT2D eigenvalue weighted by atomic mass is 19.1. The van der Waals surface area contributed by atoms with E-state index in [2.05, 4.69) is 15.7 Å². The zero-order chi connectivity index (χ0) is 15.4. The fourth-order valence-corrected chi connectivity index (χ4v) is 1.95. The van der Waals surface area contributed by atoms with Crippen molar-refractivity contribution in [3.63, 3.8) is 0 Å². The summed E-state index contributed by atoms with van der Waals surface area (Å²) in [5.74, 6) is -0.565. The summed E-state index contributed by atoms with van der Waals surface area (Å²) in [6, 6.07) is 6.68. The van der Waals surface area contributed by atoms with Crippen molar-refractivity contribution < 1.29 is 9.18 Å². The first-order valence-electron chi connectivity index (χ1n) is 6.82. The molecule has 0 radical (unpaired) electrons. The third kappa shape index (κ3) is 3.46. The molecular formula is C15H19FN4O. The number of benzene rings is 1. The van der Waals surface area contributed by atoms with E-state index in [1.54, 1.807) is 31.4 Å². The van der Waals surface area contributed by atoms with E-state index in [0.717, 1.165) is 0 Å². The predicted molar refractivity (Wildman–Crippen MR) is 78.9 cm³/mol. The Morgan fingerprint density at radius 2 is 2.14 bits per heavy atom. The minimum Gasteiger partial charge on any atom is -0.354 e. The van der Waals surface area contributed by atoms with Crippen LogP contribution in [0.1, 0.15) is 29.9 Å². The average molecular weight is 290 g/mol. The Hall–Kier alpha value is -2.21. The van der Waals surface area contributed by atoms with E-state index in [-0.39, 0.29) is 17.8 Å². The molecule has 0 fully saturated rings. The van der Waals surface area contributed by atoms with Crippen LogP contribution in [0, 0.1) is 5.82 Å². The molecule has 0 aliphatic rings. The van der Waals surface area contributed by atoms with Crippen LogP contribution >= 0.6 is 0 Å². The van der Waals surface area contributed by atoms with Gasteiger partial charge in [0, 0.05) is 31.4 Å². The van der Waals surface area contributed by atoms with E-state index < -0.39 is 0 Å². The molecule has 6 heteroatoms. The van der Waals surface area contributed by atoms with Gasteiger partial charge in [-0.05, 0) is 18.2 Å². The molecular weight excluding hydrogens is 271 g/mol. The molecule has 0 bridgehead atoms. The Morgan fingerprint density at radius 1 is 1.38 bits per heavy atom. The topological polar surface area (TPSA) is 59.0 Å². The molecule has 0 saturated carbocycles. The molecule has 112 valence electrons. The Balaban J connectivity index is 2.36. The second-order valence-electron chi connectivity index (χ2n) is 5.00. The van der Waals surface area contributed by atoms with Crippen LogP contribution in [-0.2, 0) is 6.54 Å². The van der Waals surface area contributed by atoms with Gasteiger partial charge in [0.25, 0.3) is 5.91 Å². The SMILES string of the molecule is CNC(=O)c1ccn(-c2cccc(F)c2CNC(C)C)n1. The van der Waals surface area contributed by atoms with Gasteiger partial charge >= 0.3 is 0 Å². The lowest BCUT2D eigenvalue weighted by molar-refractivity contribution is 0.0957. The van der Waals surface area contributed by atoms with Crippen molar-refractivity contribution in [2.45, 2.75) is 26.4 Å². The van der Waals surface area contributed by atoms with Crippen molar-refractivity contribution in [2.24, 2.45) is 0 Å². The Bertz CT molecular complexity index is 636. The molecule has 0 saturated heterocycles. The number of carbonyl (C=O) groups is 1. The largest absolute Gasteiger partial charge is 0.354 e. The first kappa shape index (κ1) is 15.2. The first-order valence-corrected chi connectivity index (χ1v) is 6.82. The molecule has 1 aromatic carbocycles. The molecule has 0 unspecified atom stereocenters. The van der Waals surface area contributed by atoms with E-state index in [0.29, 0.717) is 23.5 Å². The normalized spacial score (nSPS) is 10.9. The molecule has 2 rings (SSSR count). The molecule has 0 spiro atoms. The van der Waals surface area contributed by atoms with E-state index >= 15 is 0 Å². The number of carbonyl (C=O) groups excluding carboxylic acids is 1. The molecule has 2 N–H and O–H groups in total. The Labute approximate surface area is 123 Å². The lowest BCUT2D eigenvalue weighted by Gasteiger charge is -2.13. The van der Waals surface area contributed by atoms with Crippen LogP contribution in [0.2, 0.25) is 0 Å². The second kappa shape index (κ2) is 6.49. The van der Waals surface area contributed by atoms with Gasteiger partial charge in [0.1, 0.15) is 5.82 Å². The summed E-state index contributed by atoms with van der Waals surface area (Å²) in [7, 11) is 1.54. The van der Waals surface area contributed by atoms with Gasteiger partial charge in [0.2, 0.25) is 0 Å². The fourth-order valence-electron chi connectivity index (χ4n) is 1.95. The third-order valence-electron chi connectivity index (χ3n) is 3.08. The number of hydrogen-bond acceptors (Lipinski definition) is 3. The van der Waals surface area contributed by atoms with Gasteiger partial charge in [-0.1, -0.05) is 19.9 Å². The van der Waals surface area contributed by atoms with Crippen molar-refractivity contribution in [3.05, 3.63) is 47.5 Å². The summed E-state index contributed by atoms with van der Waals surface area (Å²) in [5.41, 5.74) is 1.44. The van der Waals surface area contributed by atoms with Crippen LogP contribution in [0.25, 0.3) is 5.69 Å². The van der Waals surface area contributed by atoms with Crippen LogP contribution in [0.5, 0.6) is 0 Å². The van der Waals surface area contributed by atoms with E-state index in [1.807, 2.05) is 13.8 Å². The lowest BCUT2D eigenvalue weighted by atomic mass is 10.1. The number of nitrogens with one attached hydrogen (secondary N) is 2. The van der Waals surface area contributed by atoms with Crippen LogP contribution in [-0.4, -0.2) is 28.8 Å². The molecule has 1 amide bonds. The highest BCUT2D eigenvalue weighted by Gasteiger charge is 2.13. The van der Waals surface area contributed by atoms with Crippen LogP contribution in [0.3, 0.4) is 0 Å². The smallest absolute Gasteiger partial charge is 0.271 e. The van der Waals surface area contributed by atoms with Crippen molar-refractivity contribution >= 4 is 5.91 Å². The highest BCUT2D eigenvalue weighted by molar-refractivity contribution is 5.91. The lowest BCUT2D eigenvalue weighted by Crippen LogP contribution is -2.23. The molecule has 1 aromatic heterocycles. The molecule has 2 aromatic rings. The number of nitrogens with zero attached hydrogens (tertiary/aromatic N) is 2. The molecule has 1 heterocycles. The standard InChI is InChI=1S/C15H19FN4O/c1-10(2)18-9-11-12(16)5-4-6-14(11)20-8-7-13(19-20)15(21)17-3/h4-8,10,18H,9H2,1-3H3,(H,17,21). The van der Waals surface area contributed by atoms with E-state index in [1.165, 1.54) is 10.7 Å². The quantitative estimate of drug-likeness (QED) is 0.884. The molecule has 5 nitrogen and oxygen atoms in total. The maximum Gasteiger partial charge on any atom is 0.271 e. The summed E-state index contributed by atoms with van der Waals surface area (Å²) in [6.45, 7) is 4.39. The number of rotatable bonds is 5. The molecule has 0 aliphatic carbocycles. The number of hydrogen-bond donors (Lipinski definition) is 2. The van der Waals surface area contributed by atoms with Gasteiger partial charge in [-0.3, -0.25) is 4.79 Å². The summed E-state index contributed by atoms with van der Waals surface area (Å²) in [4.78, 5) is 11.6. The van der Waals surface area contributed by atoms with Crippen molar-refractivity contribution in [3.8, 4) is 5.69 Å². The fraction of sp³-hybridized carbons (Fsp3) is 0.333. The van der Waals surface area contributed by atoms with E-state index in [4.69, 9.17) is 0 Å². The summed E-state index contributed by atoms with van der Waals surface area (Å²) in [5, 5.41) is 9.89. The van der Waals surface area contributed by atoms with Crippen LogP contribution < -0.4 is 10.6 Å². The van der Waals surface area contributed by atoms with Gasteiger partial charge < -0.3 is 10.6 Å². The maximum atomic E-state index is 14.1. The van der Waals surface area contributed by atoms with Gasteiger partial charge in [-0.2, -0.15) is 5.10 Å². The van der Waals surface area contributed by atoms with E-state index in [9.17, 15) is 9.18 Å². The Kier molecular flexibility index (Phi) is 4.70. The predicted octanol–water partition coefficient (Wildman–Crippen LogP) is 1.87. The third-order valence-corrected chi connectivity index (χ3v) is 3.08.